The Morgan fingerprint density at radius 2 is 1.83 bits per heavy atom. The first-order chi connectivity index (χ1) is 11.7. The van der Waals surface area contributed by atoms with Crippen molar-refractivity contribution in [3.63, 3.8) is 0 Å². The van der Waals surface area contributed by atoms with Crippen molar-refractivity contribution in [1.29, 1.82) is 0 Å². The van der Waals surface area contributed by atoms with Gasteiger partial charge in [-0.1, -0.05) is 35.4 Å². The summed E-state index contributed by atoms with van der Waals surface area (Å²) in [5.41, 5.74) is 2.60. The Hall–Kier alpha value is -3.22. The lowest BCUT2D eigenvalue weighted by atomic mass is 10.1. The van der Waals surface area contributed by atoms with Crippen molar-refractivity contribution in [2.24, 2.45) is 0 Å². The van der Waals surface area contributed by atoms with Gasteiger partial charge in [-0.3, -0.25) is 4.79 Å². The zero-order chi connectivity index (χ0) is 16.9. The Balaban J connectivity index is 1.78. The highest BCUT2D eigenvalue weighted by Gasteiger charge is 2.13. The van der Waals surface area contributed by atoms with Gasteiger partial charge in [0, 0.05) is 26.2 Å². The second-order valence-electron chi connectivity index (χ2n) is 5.36. The highest BCUT2D eigenvalue weighted by Crippen LogP contribution is 2.16. The molecule has 0 aliphatic heterocycles. The van der Waals surface area contributed by atoms with Crippen LogP contribution in [-0.2, 0) is 6.54 Å². The average molecular weight is 322 g/mol. The minimum atomic E-state index is -0.0945. The largest absolute Gasteiger partial charge is 0.355 e. The molecule has 0 fully saturated rings. The molecule has 1 heterocycles. The number of hydrogen-bond donors (Lipinski definition) is 1. The fourth-order valence-corrected chi connectivity index (χ4v) is 2.41. The van der Waals surface area contributed by atoms with Crippen molar-refractivity contribution < 1.29 is 4.79 Å². The quantitative estimate of drug-likeness (QED) is 0.773. The summed E-state index contributed by atoms with van der Waals surface area (Å²) in [5, 5.41) is 14.6. The third-order valence-electron chi connectivity index (χ3n) is 3.66. The number of carbonyl (C=O) groups excluding carboxylic acids is 1. The van der Waals surface area contributed by atoms with E-state index in [0.717, 1.165) is 11.3 Å². The molecular formula is C17H18N6O. The number of aromatic nitrogens is 4. The molecule has 3 rings (SSSR count). The van der Waals surface area contributed by atoms with E-state index in [-0.39, 0.29) is 5.91 Å². The molecule has 1 amide bonds. The molecule has 24 heavy (non-hydrogen) atoms. The van der Waals surface area contributed by atoms with E-state index in [4.69, 9.17) is 0 Å². The average Bonchev–Trinajstić information content (AvgIpc) is 3.12. The van der Waals surface area contributed by atoms with Gasteiger partial charge < -0.3 is 10.2 Å². The summed E-state index contributed by atoms with van der Waals surface area (Å²) < 4.78 is 1.69. The van der Waals surface area contributed by atoms with E-state index < -0.39 is 0 Å². The van der Waals surface area contributed by atoms with Crippen molar-refractivity contribution in [2.75, 3.05) is 19.0 Å². The Labute approximate surface area is 139 Å². The zero-order valence-corrected chi connectivity index (χ0v) is 13.5. The van der Waals surface area contributed by atoms with Crippen LogP contribution in [0.25, 0.3) is 5.69 Å². The minimum absolute atomic E-state index is 0.0945. The van der Waals surface area contributed by atoms with Crippen LogP contribution in [0.3, 0.4) is 0 Å². The van der Waals surface area contributed by atoms with Crippen LogP contribution in [0, 0.1) is 0 Å². The standard InChI is InChI=1S/C17H18N6O/c1-18-16(24)14-10-8-13(9-11-14)12-22(2)17-19-20-21-23(17)15-6-4-3-5-7-15/h3-11H,12H2,1-2H3,(H,18,24). The van der Waals surface area contributed by atoms with Crippen LogP contribution in [0.4, 0.5) is 5.95 Å². The smallest absolute Gasteiger partial charge is 0.251 e. The van der Waals surface area contributed by atoms with Gasteiger partial charge in [-0.05, 0) is 40.3 Å². The van der Waals surface area contributed by atoms with Crippen LogP contribution < -0.4 is 10.2 Å². The molecule has 1 N–H and O–H groups in total. The van der Waals surface area contributed by atoms with Crippen LogP contribution in [0.15, 0.2) is 54.6 Å². The molecule has 122 valence electrons. The van der Waals surface area contributed by atoms with Gasteiger partial charge in [0.1, 0.15) is 0 Å². The molecular weight excluding hydrogens is 304 g/mol. The first-order valence-corrected chi connectivity index (χ1v) is 7.55. The molecule has 3 aromatic rings. The van der Waals surface area contributed by atoms with Crippen molar-refractivity contribution >= 4 is 11.9 Å². The van der Waals surface area contributed by atoms with Gasteiger partial charge in [-0.25, -0.2) is 0 Å². The SMILES string of the molecule is CNC(=O)c1ccc(CN(C)c2nnnn2-c2ccccc2)cc1. The first kappa shape index (κ1) is 15.7. The lowest BCUT2D eigenvalue weighted by Crippen LogP contribution is -2.21. The predicted molar refractivity (Wildman–Crippen MR) is 91.1 cm³/mol. The second-order valence-corrected chi connectivity index (χ2v) is 5.36. The summed E-state index contributed by atoms with van der Waals surface area (Å²) in [7, 11) is 3.55. The zero-order valence-electron chi connectivity index (χ0n) is 13.5. The number of nitrogens with zero attached hydrogens (tertiary/aromatic N) is 5. The van der Waals surface area contributed by atoms with E-state index in [9.17, 15) is 4.79 Å². The number of amides is 1. The lowest BCUT2D eigenvalue weighted by Gasteiger charge is -2.18. The van der Waals surface area contributed by atoms with Crippen LogP contribution in [-0.4, -0.2) is 40.2 Å². The third-order valence-corrected chi connectivity index (χ3v) is 3.66. The molecule has 0 unspecified atom stereocenters. The predicted octanol–water partition coefficient (Wildman–Crippen LogP) is 1.66. The Morgan fingerprint density at radius 1 is 1.12 bits per heavy atom. The summed E-state index contributed by atoms with van der Waals surface area (Å²) in [6.07, 6.45) is 0. The molecule has 2 aromatic carbocycles. The fraction of sp³-hybridized carbons (Fsp3) is 0.176. The number of anilines is 1. The summed E-state index contributed by atoms with van der Waals surface area (Å²) in [4.78, 5) is 13.5. The fourth-order valence-electron chi connectivity index (χ4n) is 2.41. The summed E-state index contributed by atoms with van der Waals surface area (Å²) >= 11 is 0. The maximum atomic E-state index is 11.6. The molecule has 0 radical (unpaired) electrons. The van der Waals surface area contributed by atoms with Crippen molar-refractivity contribution in [3.05, 3.63) is 65.7 Å². The van der Waals surface area contributed by atoms with E-state index in [0.29, 0.717) is 18.1 Å². The van der Waals surface area contributed by atoms with Crippen LogP contribution in [0.1, 0.15) is 15.9 Å². The summed E-state index contributed by atoms with van der Waals surface area (Å²) in [6.45, 7) is 0.626. The number of nitrogens with one attached hydrogen (secondary N) is 1. The Bertz CT molecular complexity index is 813. The highest BCUT2D eigenvalue weighted by atomic mass is 16.1. The molecule has 0 atom stereocenters. The summed E-state index contributed by atoms with van der Waals surface area (Å²) in [6, 6.07) is 17.2. The molecule has 7 heteroatoms. The Kier molecular flexibility index (Phi) is 4.51. The van der Waals surface area contributed by atoms with Gasteiger partial charge in [-0.2, -0.15) is 4.68 Å². The van der Waals surface area contributed by atoms with E-state index >= 15 is 0 Å². The maximum absolute atomic E-state index is 11.6. The summed E-state index contributed by atoms with van der Waals surface area (Å²) in [5.74, 6) is 0.555. The van der Waals surface area contributed by atoms with Gasteiger partial charge in [0.05, 0.1) is 5.69 Å². The molecule has 0 aliphatic carbocycles. The molecule has 7 nitrogen and oxygen atoms in total. The number of tetrazole rings is 1. The van der Waals surface area contributed by atoms with Gasteiger partial charge in [0.2, 0.25) is 5.95 Å². The molecule has 0 spiro atoms. The van der Waals surface area contributed by atoms with E-state index in [1.807, 2.05) is 66.5 Å². The van der Waals surface area contributed by atoms with Crippen LogP contribution in [0.2, 0.25) is 0 Å². The number of hydrogen-bond acceptors (Lipinski definition) is 5. The van der Waals surface area contributed by atoms with Crippen molar-refractivity contribution in [3.8, 4) is 5.69 Å². The van der Waals surface area contributed by atoms with E-state index in [2.05, 4.69) is 20.8 Å². The number of para-hydroxylation sites is 1. The number of rotatable bonds is 5. The molecule has 1 aromatic heterocycles. The first-order valence-electron chi connectivity index (χ1n) is 7.55. The molecule has 0 bridgehead atoms. The maximum Gasteiger partial charge on any atom is 0.251 e. The van der Waals surface area contributed by atoms with Crippen LogP contribution in [0.5, 0.6) is 0 Å². The van der Waals surface area contributed by atoms with Crippen LogP contribution >= 0.6 is 0 Å². The second kappa shape index (κ2) is 6.91. The van der Waals surface area contributed by atoms with Gasteiger partial charge >= 0.3 is 0 Å². The highest BCUT2D eigenvalue weighted by molar-refractivity contribution is 5.93. The molecule has 0 saturated carbocycles. The number of carbonyl (C=O) groups is 1. The van der Waals surface area contributed by atoms with E-state index in [1.54, 1.807) is 11.7 Å². The van der Waals surface area contributed by atoms with E-state index in [1.165, 1.54) is 0 Å². The topological polar surface area (TPSA) is 75.9 Å². The van der Waals surface area contributed by atoms with Gasteiger partial charge in [-0.15, -0.1) is 0 Å². The number of benzene rings is 2. The Morgan fingerprint density at radius 3 is 2.50 bits per heavy atom. The van der Waals surface area contributed by atoms with Gasteiger partial charge in [0.25, 0.3) is 5.91 Å². The van der Waals surface area contributed by atoms with Crippen molar-refractivity contribution in [2.45, 2.75) is 6.54 Å². The minimum Gasteiger partial charge on any atom is -0.355 e. The monoisotopic (exact) mass is 322 g/mol. The lowest BCUT2D eigenvalue weighted by molar-refractivity contribution is 0.0963. The molecule has 0 aliphatic rings. The normalized spacial score (nSPS) is 10.4. The van der Waals surface area contributed by atoms with Crippen molar-refractivity contribution in [1.82, 2.24) is 25.5 Å². The third kappa shape index (κ3) is 3.24. The molecule has 0 saturated heterocycles. The van der Waals surface area contributed by atoms with Gasteiger partial charge in [0.15, 0.2) is 0 Å².